The maximum absolute atomic E-state index is 14.7. The Hall–Kier alpha value is -3.56. The molecule has 1 N–H and O–H groups in total. The third kappa shape index (κ3) is 5.95. The molecule has 0 atom stereocenters. The van der Waals surface area contributed by atoms with E-state index in [1.165, 1.54) is 17.0 Å². The molecule has 0 bridgehead atoms. The molecule has 4 rings (SSSR count). The smallest absolute Gasteiger partial charge is 0.218 e. The molecule has 1 amide bonds. The molecule has 10 heteroatoms. The Morgan fingerprint density at radius 3 is 2.34 bits per heavy atom. The predicted octanol–water partition coefficient (Wildman–Crippen LogP) is 5.42. The fourth-order valence-corrected chi connectivity index (χ4v) is 4.69. The highest BCUT2D eigenvalue weighted by atomic mass is 35.5. The lowest BCUT2D eigenvalue weighted by Gasteiger charge is -2.42. The lowest BCUT2D eigenvalue weighted by atomic mass is 9.99. The summed E-state index contributed by atoms with van der Waals surface area (Å²) in [6, 6.07) is 9.06. The number of halogens is 2. The van der Waals surface area contributed by atoms with Crippen LogP contribution in [0.5, 0.6) is 5.75 Å². The third-order valence-corrected chi connectivity index (χ3v) is 6.87. The molecule has 0 unspecified atom stereocenters. The van der Waals surface area contributed by atoms with Crippen molar-refractivity contribution in [1.29, 1.82) is 0 Å². The maximum atomic E-state index is 14.7. The predicted molar refractivity (Wildman–Crippen MR) is 149 cm³/mol. The van der Waals surface area contributed by atoms with Gasteiger partial charge in [0.25, 0.3) is 0 Å². The molecule has 3 aromatic rings. The summed E-state index contributed by atoms with van der Waals surface area (Å²) in [7, 11) is 3.66. The summed E-state index contributed by atoms with van der Waals surface area (Å²) >= 11 is 6.48. The lowest BCUT2D eigenvalue weighted by Crippen LogP contribution is -2.53. The molecule has 2 heterocycles. The van der Waals surface area contributed by atoms with Gasteiger partial charge < -0.3 is 19.4 Å². The second-order valence-corrected chi connectivity index (χ2v) is 10.9. The average molecular weight is 542 g/mol. The first kappa shape index (κ1) is 27.5. The molecule has 38 heavy (non-hydrogen) atoms. The topological polar surface area (TPSA) is 76.3 Å². The standard InChI is InChI=1S/C28H33ClFN5O3/c1-28(2,3)35-12-10-33(11-13-35)26-17-25(38-31-26)22-16-20(30)15-21(27(22)37)19-6-7-24(23(29)14-19)34(18-36)9-8-32(4)5/h6-9,14-18,37H,10-13H2,1-5H3/b9-8-. The van der Waals surface area contributed by atoms with Crippen molar-refractivity contribution in [2.75, 3.05) is 50.1 Å². The van der Waals surface area contributed by atoms with Gasteiger partial charge >= 0.3 is 0 Å². The van der Waals surface area contributed by atoms with E-state index < -0.39 is 5.82 Å². The number of rotatable bonds is 7. The lowest BCUT2D eigenvalue weighted by molar-refractivity contribution is -0.106. The SMILES string of the molecule is CN(C)/C=C\N(C=O)c1ccc(-c2cc(F)cc(-c3cc(N4CCN(C(C)(C)C)CC4)no3)c2O)cc1Cl. The molecule has 1 fully saturated rings. The number of piperazine rings is 1. The summed E-state index contributed by atoms with van der Waals surface area (Å²) in [5.41, 5.74) is 1.46. The van der Waals surface area contributed by atoms with Crippen molar-refractivity contribution in [3.63, 3.8) is 0 Å². The maximum Gasteiger partial charge on any atom is 0.218 e. The van der Waals surface area contributed by atoms with Gasteiger partial charge in [-0.2, -0.15) is 0 Å². The van der Waals surface area contributed by atoms with E-state index in [0.717, 1.165) is 26.2 Å². The van der Waals surface area contributed by atoms with Crippen LogP contribution < -0.4 is 9.80 Å². The second-order valence-electron chi connectivity index (χ2n) is 10.5. The zero-order valence-electron chi connectivity index (χ0n) is 22.3. The van der Waals surface area contributed by atoms with Crippen molar-refractivity contribution >= 4 is 29.5 Å². The fraction of sp³-hybridized carbons (Fsp3) is 0.357. The van der Waals surface area contributed by atoms with E-state index >= 15 is 0 Å². The molecule has 0 radical (unpaired) electrons. The van der Waals surface area contributed by atoms with E-state index in [9.17, 15) is 14.3 Å². The van der Waals surface area contributed by atoms with Gasteiger partial charge in [-0.15, -0.1) is 0 Å². The van der Waals surface area contributed by atoms with Crippen molar-refractivity contribution in [1.82, 2.24) is 15.0 Å². The van der Waals surface area contributed by atoms with E-state index in [0.29, 0.717) is 23.5 Å². The number of hydrogen-bond donors (Lipinski definition) is 1. The van der Waals surface area contributed by atoms with Crippen LogP contribution in [0.1, 0.15) is 20.8 Å². The molecular formula is C28H33ClFN5O3. The van der Waals surface area contributed by atoms with Crippen molar-refractivity contribution in [3.05, 3.63) is 59.6 Å². The highest BCUT2D eigenvalue weighted by molar-refractivity contribution is 6.34. The Morgan fingerprint density at radius 2 is 1.74 bits per heavy atom. The van der Waals surface area contributed by atoms with Gasteiger partial charge in [-0.25, -0.2) is 4.39 Å². The van der Waals surface area contributed by atoms with Crippen LogP contribution in [0, 0.1) is 5.82 Å². The van der Waals surface area contributed by atoms with Crippen LogP contribution in [-0.4, -0.2) is 72.3 Å². The monoisotopic (exact) mass is 541 g/mol. The molecule has 0 saturated carbocycles. The van der Waals surface area contributed by atoms with Gasteiger partial charge in [0.05, 0.1) is 16.3 Å². The van der Waals surface area contributed by atoms with E-state index in [1.807, 2.05) is 14.1 Å². The van der Waals surface area contributed by atoms with Crippen LogP contribution >= 0.6 is 11.6 Å². The number of carbonyl (C=O) groups excluding carboxylic acids is 1. The van der Waals surface area contributed by atoms with Crippen LogP contribution in [0.15, 0.2) is 53.3 Å². The Balaban J connectivity index is 1.61. The Kier molecular flexibility index (Phi) is 7.99. The minimum Gasteiger partial charge on any atom is -0.507 e. The molecular weight excluding hydrogens is 509 g/mol. The van der Waals surface area contributed by atoms with Gasteiger partial charge in [0.15, 0.2) is 11.6 Å². The number of aromatic hydroxyl groups is 1. The highest BCUT2D eigenvalue weighted by Gasteiger charge is 2.27. The van der Waals surface area contributed by atoms with Crippen LogP contribution in [-0.2, 0) is 4.79 Å². The minimum atomic E-state index is -0.548. The number of nitrogens with zero attached hydrogens (tertiary/aromatic N) is 5. The summed E-state index contributed by atoms with van der Waals surface area (Å²) in [6.45, 7) is 9.95. The summed E-state index contributed by atoms with van der Waals surface area (Å²) < 4.78 is 20.3. The molecule has 1 aromatic heterocycles. The van der Waals surface area contributed by atoms with Gasteiger partial charge in [-0.05, 0) is 50.6 Å². The van der Waals surface area contributed by atoms with Gasteiger partial charge in [0.2, 0.25) is 6.41 Å². The van der Waals surface area contributed by atoms with Crippen LogP contribution in [0.4, 0.5) is 15.9 Å². The first-order valence-corrected chi connectivity index (χ1v) is 12.7. The van der Waals surface area contributed by atoms with E-state index in [2.05, 4.69) is 35.7 Å². The van der Waals surface area contributed by atoms with Crippen LogP contribution in [0.25, 0.3) is 22.5 Å². The first-order valence-electron chi connectivity index (χ1n) is 12.4. The number of hydrogen-bond acceptors (Lipinski definition) is 7. The fourth-order valence-electron chi connectivity index (χ4n) is 4.42. The zero-order chi connectivity index (χ0) is 27.6. The van der Waals surface area contributed by atoms with Crippen molar-refractivity contribution in [3.8, 4) is 28.2 Å². The third-order valence-electron chi connectivity index (χ3n) is 6.57. The first-order chi connectivity index (χ1) is 18.0. The van der Waals surface area contributed by atoms with E-state index in [4.69, 9.17) is 16.1 Å². The zero-order valence-corrected chi connectivity index (χ0v) is 23.0. The van der Waals surface area contributed by atoms with Crippen molar-refractivity contribution in [2.45, 2.75) is 26.3 Å². The molecule has 2 aromatic carbocycles. The number of amides is 1. The summed E-state index contributed by atoms with van der Waals surface area (Å²) in [5, 5.41) is 15.6. The molecule has 1 aliphatic heterocycles. The molecule has 0 spiro atoms. The summed E-state index contributed by atoms with van der Waals surface area (Å²) in [5.74, 6) is 0.203. The van der Waals surface area contributed by atoms with Gasteiger partial charge in [-0.3, -0.25) is 14.6 Å². The Labute approximate surface area is 227 Å². The van der Waals surface area contributed by atoms with Crippen LogP contribution in [0.3, 0.4) is 0 Å². The molecule has 1 aliphatic rings. The number of anilines is 2. The van der Waals surface area contributed by atoms with Gasteiger partial charge in [0, 0.05) is 69.8 Å². The molecule has 8 nitrogen and oxygen atoms in total. The Morgan fingerprint density at radius 1 is 1.05 bits per heavy atom. The highest BCUT2D eigenvalue weighted by Crippen LogP contribution is 2.41. The molecule has 202 valence electrons. The normalized spacial score (nSPS) is 14.8. The average Bonchev–Trinajstić information content (AvgIpc) is 3.36. The summed E-state index contributed by atoms with van der Waals surface area (Å²) in [4.78, 5) is 19.2. The van der Waals surface area contributed by atoms with E-state index in [-0.39, 0.29) is 33.2 Å². The van der Waals surface area contributed by atoms with E-state index in [1.54, 1.807) is 41.6 Å². The van der Waals surface area contributed by atoms with Gasteiger partial charge in [0.1, 0.15) is 11.6 Å². The van der Waals surface area contributed by atoms with Gasteiger partial charge in [-0.1, -0.05) is 22.8 Å². The Bertz CT molecular complexity index is 1330. The number of phenolic OH excluding ortho intramolecular Hbond substituents is 1. The minimum absolute atomic E-state index is 0.0976. The van der Waals surface area contributed by atoms with Crippen molar-refractivity contribution < 1.29 is 18.8 Å². The second kappa shape index (κ2) is 11.0. The number of carbonyl (C=O) groups is 1. The summed E-state index contributed by atoms with van der Waals surface area (Å²) in [6.07, 6.45) is 3.93. The number of aromatic nitrogens is 1. The quantitative estimate of drug-likeness (QED) is 0.400. The van der Waals surface area contributed by atoms with Crippen LogP contribution in [0.2, 0.25) is 5.02 Å². The number of benzene rings is 2. The van der Waals surface area contributed by atoms with Crippen molar-refractivity contribution in [2.24, 2.45) is 0 Å². The number of phenols is 1. The molecule has 1 saturated heterocycles. The largest absolute Gasteiger partial charge is 0.507 e. The molecule has 0 aliphatic carbocycles.